The SMILES string of the molecule is CC1(C)c2ccccc2-c2ccc(N(c3ccc(-c4ccc(C5CCCCC5)cc4)cc3)c3ccccc3-c3ccccc3-c3ccccc3-c3ccccc3)cc21. The van der Waals surface area contributed by atoms with Gasteiger partial charge in [-0.3, -0.25) is 0 Å². The topological polar surface area (TPSA) is 3.24 Å². The summed E-state index contributed by atoms with van der Waals surface area (Å²) in [4.78, 5) is 2.48. The van der Waals surface area contributed by atoms with E-state index in [0.717, 1.165) is 17.1 Å². The molecule has 0 spiro atoms. The van der Waals surface area contributed by atoms with E-state index in [9.17, 15) is 0 Å². The van der Waals surface area contributed by atoms with Crippen LogP contribution in [-0.2, 0) is 5.41 Å². The molecule has 0 bridgehead atoms. The zero-order valence-corrected chi connectivity index (χ0v) is 33.5. The first kappa shape index (κ1) is 35.9. The van der Waals surface area contributed by atoms with Gasteiger partial charge in [0.2, 0.25) is 0 Å². The van der Waals surface area contributed by atoms with Gasteiger partial charge in [0.1, 0.15) is 0 Å². The van der Waals surface area contributed by atoms with Crippen LogP contribution in [0.5, 0.6) is 0 Å². The summed E-state index contributed by atoms with van der Waals surface area (Å²) in [6.07, 6.45) is 6.74. The molecule has 8 aromatic rings. The van der Waals surface area contributed by atoms with Gasteiger partial charge in [-0.1, -0.05) is 197 Å². The van der Waals surface area contributed by atoms with E-state index in [2.05, 4.69) is 213 Å². The van der Waals surface area contributed by atoms with Gasteiger partial charge in [-0.05, 0) is 116 Å². The number of hydrogen-bond donors (Lipinski definition) is 0. The van der Waals surface area contributed by atoms with Gasteiger partial charge in [-0.2, -0.15) is 0 Å². The molecule has 0 amide bonds. The average Bonchev–Trinajstić information content (AvgIpc) is 3.53. The van der Waals surface area contributed by atoms with Crippen molar-refractivity contribution in [3.63, 3.8) is 0 Å². The summed E-state index contributed by atoms with van der Waals surface area (Å²) in [7, 11) is 0. The first-order valence-electron chi connectivity index (χ1n) is 21.1. The van der Waals surface area contributed by atoms with Crippen LogP contribution >= 0.6 is 0 Å². The van der Waals surface area contributed by atoms with Gasteiger partial charge < -0.3 is 4.90 Å². The molecule has 2 aliphatic carbocycles. The highest BCUT2D eigenvalue weighted by Crippen LogP contribution is 2.52. The largest absolute Gasteiger partial charge is 0.310 e. The molecule has 1 fully saturated rings. The third-order valence-corrected chi connectivity index (χ3v) is 12.9. The van der Waals surface area contributed by atoms with Gasteiger partial charge in [0.25, 0.3) is 0 Å². The Bertz CT molecular complexity index is 2710. The maximum atomic E-state index is 2.48. The molecule has 0 heterocycles. The summed E-state index contributed by atoms with van der Waals surface area (Å²) < 4.78 is 0. The zero-order valence-electron chi connectivity index (χ0n) is 33.5. The van der Waals surface area contributed by atoms with Crippen molar-refractivity contribution >= 4 is 17.1 Å². The number of para-hydroxylation sites is 1. The Hall–Kier alpha value is -6.44. The summed E-state index contributed by atoms with van der Waals surface area (Å²) in [6, 6.07) is 72.1. The normalized spacial score (nSPS) is 14.4. The van der Waals surface area contributed by atoms with Crippen molar-refractivity contribution in [1.29, 1.82) is 0 Å². The second-order valence-corrected chi connectivity index (χ2v) is 16.7. The van der Waals surface area contributed by atoms with Gasteiger partial charge in [0, 0.05) is 22.4 Å². The van der Waals surface area contributed by atoms with Crippen LogP contribution in [0.15, 0.2) is 194 Å². The summed E-state index contributed by atoms with van der Waals surface area (Å²) in [5.41, 5.74) is 20.0. The average molecular weight is 748 g/mol. The predicted molar refractivity (Wildman–Crippen MR) is 246 cm³/mol. The Morgan fingerprint density at radius 3 is 1.57 bits per heavy atom. The molecule has 0 radical (unpaired) electrons. The third-order valence-electron chi connectivity index (χ3n) is 12.9. The minimum absolute atomic E-state index is 0.117. The van der Waals surface area contributed by atoms with Gasteiger partial charge in [0.15, 0.2) is 0 Å². The minimum Gasteiger partial charge on any atom is -0.310 e. The predicted octanol–water partition coefficient (Wildman–Crippen LogP) is 16.2. The van der Waals surface area contributed by atoms with Crippen molar-refractivity contribution in [3.05, 3.63) is 211 Å². The number of rotatable bonds is 8. The molecule has 1 saturated carbocycles. The first-order chi connectivity index (χ1) is 28.5. The molecule has 0 aromatic heterocycles. The molecular weight excluding hydrogens is 699 g/mol. The Morgan fingerprint density at radius 1 is 0.379 bits per heavy atom. The van der Waals surface area contributed by atoms with E-state index in [1.165, 1.54) is 104 Å². The van der Waals surface area contributed by atoms with Crippen LogP contribution < -0.4 is 4.90 Å². The van der Waals surface area contributed by atoms with Crippen molar-refractivity contribution in [2.45, 2.75) is 57.3 Å². The minimum atomic E-state index is -0.117. The van der Waals surface area contributed by atoms with E-state index in [1.807, 2.05) is 0 Å². The lowest BCUT2D eigenvalue weighted by Crippen LogP contribution is -2.17. The van der Waals surface area contributed by atoms with Crippen LogP contribution in [0.25, 0.3) is 55.6 Å². The van der Waals surface area contributed by atoms with Crippen LogP contribution in [0.1, 0.15) is 68.6 Å². The van der Waals surface area contributed by atoms with Crippen molar-refractivity contribution in [2.75, 3.05) is 4.90 Å². The Morgan fingerprint density at radius 2 is 0.879 bits per heavy atom. The first-order valence-corrected chi connectivity index (χ1v) is 21.1. The van der Waals surface area contributed by atoms with E-state index >= 15 is 0 Å². The summed E-state index contributed by atoms with van der Waals surface area (Å²) in [5, 5.41) is 0. The summed E-state index contributed by atoms with van der Waals surface area (Å²) in [5.74, 6) is 0.709. The molecular formula is C57H49N. The van der Waals surface area contributed by atoms with Crippen LogP contribution in [0.4, 0.5) is 17.1 Å². The number of fused-ring (bicyclic) bond motifs is 3. The second-order valence-electron chi connectivity index (χ2n) is 16.7. The lowest BCUT2D eigenvalue weighted by atomic mass is 9.82. The molecule has 10 rings (SSSR count). The molecule has 2 aliphatic rings. The van der Waals surface area contributed by atoms with E-state index in [0.29, 0.717) is 5.92 Å². The fourth-order valence-electron chi connectivity index (χ4n) is 9.88. The van der Waals surface area contributed by atoms with Gasteiger partial charge >= 0.3 is 0 Å². The highest BCUT2D eigenvalue weighted by molar-refractivity contribution is 5.97. The van der Waals surface area contributed by atoms with Crippen LogP contribution in [0.2, 0.25) is 0 Å². The molecule has 1 nitrogen and oxygen atoms in total. The standard InChI is InChI=1S/C57H49N/c1-57(2)54-27-15-13-25-51(54)52-38-37-46(39-55(52)57)58(45-35-33-43(34-36-45)42-31-29-41(30-32-42)40-17-5-3-6-18-40)56-28-16-14-26-53(56)50-24-12-11-23-49(50)48-22-10-9-21-47(48)44-19-7-4-8-20-44/h4,7-16,19-40H,3,5-6,17-18H2,1-2H3. The van der Waals surface area contributed by atoms with Gasteiger partial charge in [-0.15, -0.1) is 0 Å². The quantitative estimate of drug-likeness (QED) is 0.150. The van der Waals surface area contributed by atoms with Crippen LogP contribution in [-0.4, -0.2) is 0 Å². The highest BCUT2D eigenvalue weighted by atomic mass is 15.1. The molecule has 0 saturated heterocycles. The number of benzene rings is 8. The Labute approximate surface area is 344 Å². The molecule has 58 heavy (non-hydrogen) atoms. The molecule has 0 atom stereocenters. The highest BCUT2D eigenvalue weighted by Gasteiger charge is 2.36. The van der Waals surface area contributed by atoms with E-state index < -0.39 is 0 Å². The zero-order chi connectivity index (χ0) is 39.1. The van der Waals surface area contributed by atoms with Gasteiger partial charge in [0.05, 0.1) is 5.69 Å². The molecule has 282 valence electrons. The van der Waals surface area contributed by atoms with Crippen molar-refractivity contribution < 1.29 is 0 Å². The lowest BCUT2D eigenvalue weighted by Gasteiger charge is -2.30. The molecule has 0 aliphatic heterocycles. The maximum absolute atomic E-state index is 2.48. The fraction of sp³-hybridized carbons (Fsp3) is 0.158. The van der Waals surface area contributed by atoms with E-state index in [-0.39, 0.29) is 5.41 Å². The number of hydrogen-bond acceptors (Lipinski definition) is 1. The summed E-state index contributed by atoms with van der Waals surface area (Å²) in [6.45, 7) is 4.74. The van der Waals surface area contributed by atoms with E-state index in [1.54, 1.807) is 0 Å². The lowest BCUT2D eigenvalue weighted by molar-refractivity contribution is 0.443. The monoisotopic (exact) mass is 747 g/mol. The van der Waals surface area contributed by atoms with E-state index in [4.69, 9.17) is 0 Å². The number of nitrogens with zero attached hydrogens (tertiary/aromatic N) is 1. The maximum Gasteiger partial charge on any atom is 0.0540 e. The Kier molecular flexibility index (Phi) is 9.38. The molecule has 0 unspecified atom stereocenters. The van der Waals surface area contributed by atoms with Crippen molar-refractivity contribution in [3.8, 4) is 55.6 Å². The molecule has 1 heteroatoms. The molecule has 8 aromatic carbocycles. The fourth-order valence-corrected chi connectivity index (χ4v) is 9.88. The van der Waals surface area contributed by atoms with Crippen LogP contribution in [0, 0.1) is 0 Å². The van der Waals surface area contributed by atoms with Gasteiger partial charge in [-0.25, -0.2) is 0 Å². The molecule has 0 N–H and O–H groups in total. The van der Waals surface area contributed by atoms with Crippen LogP contribution in [0.3, 0.4) is 0 Å². The smallest absolute Gasteiger partial charge is 0.0540 e. The number of anilines is 3. The second kappa shape index (κ2) is 15.1. The summed E-state index contributed by atoms with van der Waals surface area (Å²) >= 11 is 0. The van der Waals surface area contributed by atoms with Crippen molar-refractivity contribution in [2.24, 2.45) is 0 Å². The Balaban J connectivity index is 1.11. The third kappa shape index (κ3) is 6.45. The van der Waals surface area contributed by atoms with Crippen molar-refractivity contribution in [1.82, 2.24) is 0 Å².